The quantitative estimate of drug-likeness (QED) is 0.648. The van der Waals surface area contributed by atoms with Gasteiger partial charge in [0, 0.05) is 12.0 Å². The third-order valence-corrected chi connectivity index (χ3v) is 3.40. The molecule has 0 fully saturated rings. The highest BCUT2D eigenvalue weighted by Crippen LogP contribution is 2.36. The van der Waals surface area contributed by atoms with Crippen molar-refractivity contribution in [1.82, 2.24) is 0 Å². The van der Waals surface area contributed by atoms with Crippen LogP contribution in [-0.2, 0) is 15.3 Å². The molecule has 0 saturated carbocycles. The minimum absolute atomic E-state index is 0.576. The molecule has 0 saturated heterocycles. The third-order valence-electron chi connectivity index (χ3n) is 3.40. The van der Waals surface area contributed by atoms with Crippen molar-refractivity contribution in [3.63, 3.8) is 0 Å². The van der Waals surface area contributed by atoms with Crippen LogP contribution in [0.4, 0.5) is 0 Å². The second-order valence-corrected chi connectivity index (χ2v) is 4.79. The lowest BCUT2D eigenvalue weighted by molar-refractivity contribution is -0.156. The molecular weight excluding hydrogens is 224 g/mol. The van der Waals surface area contributed by atoms with Gasteiger partial charge in [0.1, 0.15) is 12.5 Å². The van der Waals surface area contributed by atoms with E-state index < -0.39 is 5.79 Å². The first-order valence-electron chi connectivity index (χ1n) is 6.93. The van der Waals surface area contributed by atoms with Gasteiger partial charge in [0.2, 0.25) is 0 Å². The summed E-state index contributed by atoms with van der Waals surface area (Å²) in [6.45, 7) is 2.23. The van der Waals surface area contributed by atoms with E-state index in [9.17, 15) is 0 Å². The molecule has 1 aliphatic rings. The van der Waals surface area contributed by atoms with Crippen molar-refractivity contribution in [3.05, 3.63) is 48.4 Å². The van der Waals surface area contributed by atoms with Gasteiger partial charge >= 0.3 is 0 Å². The lowest BCUT2D eigenvalue weighted by Crippen LogP contribution is -2.26. The van der Waals surface area contributed by atoms with E-state index in [0.717, 1.165) is 18.4 Å². The van der Waals surface area contributed by atoms with Crippen LogP contribution < -0.4 is 0 Å². The molecule has 98 valence electrons. The molecule has 0 atom stereocenters. The number of hydrogen-bond acceptors (Lipinski definition) is 2. The topological polar surface area (TPSA) is 18.5 Å². The molecule has 0 amide bonds. The number of rotatable bonds is 7. The van der Waals surface area contributed by atoms with Crippen LogP contribution in [0.1, 0.15) is 51.0 Å². The Morgan fingerprint density at radius 1 is 0.889 bits per heavy atom. The zero-order chi connectivity index (χ0) is 12.7. The van der Waals surface area contributed by atoms with Gasteiger partial charge in [0.15, 0.2) is 0 Å². The minimum Gasteiger partial charge on any atom is -0.453 e. The highest BCUT2D eigenvalue weighted by atomic mass is 16.7. The molecular formula is C16H22O2. The molecule has 18 heavy (non-hydrogen) atoms. The van der Waals surface area contributed by atoms with Crippen molar-refractivity contribution >= 4 is 0 Å². The first-order chi connectivity index (χ1) is 8.87. The molecule has 1 heterocycles. The van der Waals surface area contributed by atoms with E-state index in [-0.39, 0.29) is 0 Å². The Morgan fingerprint density at radius 2 is 1.56 bits per heavy atom. The Morgan fingerprint density at radius 3 is 2.22 bits per heavy atom. The molecule has 2 nitrogen and oxygen atoms in total. The smallest absolute Gasteiger partial charge is 0.276 e. The molecule has 1 aromatic rings. The zero-order valence-corrected chi connectivity index (χ0v) is 11.1. The molecule has 2 heteroatoms. The van der Waals surface area contributed by atoms with Crippen LogP contribution in [0.15, 0.2) is 42.9 Å². The fourth-order valence-corrected chi connectivity index (χ4v) is 2.35. The van der Waals surface area contributed by atoms with E-state index in [2.05, 4.69) is 19.1 Å². The van der Waals surface area contributed by atoms with Gasteiger partial charge in [-0.15, -0.1) is 0 Å². The molecule has 0 unspecified atom stereocenters. The fraction of sp³-hybridized carbons (Fsp3) is 0.500. The standard InChI is InChI=1S/C16H22O2/c1-2-3-4-5-9-12-16(17-13-14-18-16)15-10-7-6-8-11-15/h6-8,10-11,13-14H,2-5,9,12H2,1H3. The lowest BCUT2D eigenvalue weighted by atomic mass is 9.98. The zero-order valence-electron chi connectivity index (χ0n) is 11.1. The predicted molar refractivity (Wildman–Crippen MR) is 72.8 cm³/mol. The van der Waals surface area contributed by atoms with Crippen LogP contribution >= 0.6 is 0 Å². The Labute approximate surface area is 110 Å². The van der Waals surface area contributed by atoms with Crippen molar-refractivity contribution in [3.8, 4) is 0 Å². The first kappa shape index (κ1) is 13.0. The number of ether oxygens (including phenoxy) is 2. The maximum absolute atomic E-state index is 5.73. The monoisotopic (exact) mass is 246 g/mol. The third kappa shape index (κ3) is 3.06. The van der Waals surface area contributed by atoms with Gasteiger partial charge < -0.3 is 9.47 Å². The van der Waals surface area contributed by atoms with Gasteiger partial charge in [-0.25, -0.2) is 0 Å². The molecule has 1 aliphatic heterocycles. The number of hydrogen-bond donors (Lipinski definition) is 0. The Hall–Kier alpha value is -1.44. The summed E-state index contributed by atoms with van der Waals surface area (Å²) in [4.78, 5) is 0. The van der Waals surface area contributed by atoms with Crippen molar-refractivity contribution in [2.45, 2.75) is 51.2 Å². The number of benzene rings is 1. The largest absolute Gasteiger partial charge is 0.453 e. The van der Waals surface area contributed by atoms with Crippen molar-refractivity contribution in [2.75, 3.05) is 0 Å². The minimum atomic E-state index is -0.576. The first-order valence-corrected chi connectivity index (χ1v) is 6.93. The normalized spacial score (nSPS) is 16.3. The van der Waals surface area contributed by atoms with Crippen molar-refractivity contribution < 1.29 is 9.47 Å². The maximum Gasteiger partial charge on any atom is 0.276 e. The van der Waals surface area contributed by atoms with E-state index in [1.54, 1.807) is 12.5 Å². The molecule has 2 rings (SSSR count). The van der Waals surface area contributed by atoms with Crippen molar-refractivity contribution in [1.29, 1.82) is 0 Å². The fourth-order valence-electron chi connectivity index (χ4n) is 2.35. The van der Waals surface area contributed by atoms with Gasteiger partial charge in [-0.1, -0.05) is 62.9 Å². The van der Waals surface area contributed by atoms with Crippen molar-refractivity contribution in [2.24, 2.45) is 0 Å². The van der Waals surface area contributed by atoms with Crippen LogP contribution in [0.25, 0.3) is 0 Å². The van der Waals surface area contributed by atoms with E-state index >= 15 is 0 Å². The Balaban J connectivity index is 1.92. The van der Waals surface area contributed by atoms with Gasteiger partial charge in [-0.3, -0.25) is 0 Å². The lowest BCUT2D eigenvalue weighted by Gasteiger charge is -2.28. The molecule has 0 N–H and O–H groups in total. The van der Waals surface area contributed by atoms with Crippen LogP contribution in [0.2, 0.25) is 0 Å². The van der Waals surface area contributed by atoms with E-state index in [1.165, 1.54) is 25.7 Å². The van der Waals surface area contributed by atoms with Gasteiger partial charge in [-0.2, -0.15) is 0 Å². The van der Waals surface area contributed by atoms with Crippen LogP contribution in [0.3, 0.4) is 0 Å². The summed E-state index contributed by atoms with van der Waals surface area (Å²) < 4.78 is 11.5. The summed E-state index contributed by atoms with van der Waals surface area (Å²) in [6, 6.07) is 10.2. The SMILES string of the molecule is CCCCCCCC1(c2ccccc2)OC=CO1. The average molecular weight is 246 g/mol. The van der Waals surface area contributed by atoms with E-state index in [0.29, 0.717) is 0 Å². The second-order valence-electron chi connectivity index (χ2n) is 4.79. The van der Waals surface area contributed by atoms with Gasteiger partial charge in [0.05, 0.1) is 0 Å². The average Bonchev–Trinajstić information content (AvgIpc) is 2.90. The summed E-state index contributed by atoms with van der Waals surface area (Å²) in [5.41, 5.74) is 1.10. The van der Waals surface area contributed by atoms with E-state index in [1.807, 2.05) is 18.2 Å². The Bertz CT molecular complexity index is 362. The summed E-state index contributed by atoms with van der Waals surface area (Å²) in [5.74, 6) is -0.576. The number of unbranched alkanes of at least 4 members (excludes halogenated alkanes) is 4. The predicted octanol–water partition coefficient (Wildman–Crippen LogP) is 4.72. The molecule has 0 spiro atoms. The summed E-state index contributed by atoms with van der Waals surface area (Å²) in [7, 11) is 0. The molecule has 0 bridgehead atoms. The van der Waals surface area contributed by atoms with E-state index in [4.69, 9.17) is 9.47 Å². The van der Waals surface area contributed by atoms with Crippen LogP contribution in [-0.4, -0.2) is 0 Å². The molecule has 0 aromatic heterocycles. The van der Waals surface area contributed by atoms with Crippen LogP contribution in [0, 0.1) is 0 Å². The Kier molecular flexibility index (Phi) is 4.68. The van der Waals surface area contributed by atoms with Gasteiger partial charge in [-0.05, 0) is 6.42 Å². The molecule has 0 aliphatic carbocycles. The summed E-state index contributed by atoms with van der Waals surface area (Å²) in [6.07, 6.45) is 10.5. The second kappa shape index (κ2) is 6.48. The summed E-state index contributed by atoms with van der Waals surface area (Å²) in [5, 5.41) is 0. The molecule has 0 radical (unpaired) electrons. The highest BCUT2D eigenvalue weighted by molar-refractivity contribution is 5.21. The highest BCUT2D eigenvalue weighted by Gasteiger charge is 2.37. The maximum atomic E-state index is 5.73. The molecule has 1 aromatic carbocycles. The van der Waals surface area contributed by atoms with Crippen LogP contribution in [0.5, 0.6) is 0 Å². The van der Waals surface area contributed by atoms with Gasteiger partial charge in [0.25, 0.3) is 5.79 Å². The summed E-state index contributed by atoms with van der Waals surface area (Å²) >= 11 is 0.